The molecule has 0 aliphatic heterocycles. The number of nitrogens with two attached hydrogens (primary N) is 1. The van der Waals surface area contributed by atoms with Crippen LogP contribution in [0, 0.1) is 6.92 Å². The summed E-state index contributed by atoms with van der Waals surface area (Å²) in [6.07, 6.45) is 2.13. The van der Waals surface area contributed by atoms with Gasteiger partial charge in [0.25, 0.3) is 0 Å². The summed E-state index contributed by atoms with van der Waals surface area (Å²) in [5, 5.41) is 3.37. The number of aromatic nitrogens is 1. The highest BCUT2D eigenvalue weighted by Gasteiger charge is 2.09. The van der Waals surface area contributed by atoms with Crippen molar-refractivity contribution in [2.24, 2.45) is 5.73 Å². The van der Waals surface area contributed by atoms with Crippen molar-refractivity contribution in [1.29, 1.82) is 0 Å². The molecule has 0 radical (unpaired) electrons. The van der Waals surface area contributed by atoms with Crippen LogP contribution in [0.25, 0.3) is 0 Å². The summed E-state index contributed by atoms with van der Waals surface area (Å²) in [7, 11) is 1.70. The van der Waals surface area contributed by atoms with Gasteiger partial charge in [0.05, 0.1) is 12.6 Å². The van der Waals surface area contributed by atoms with E-state index in [0.717, 1.165) is 29.9 Å². The van der Waals surface area contributed by atoms with E-state index < -0.39 is 0 Å². The molecule has 0 aliphatic rings. The number of aryl methyl sites for hydroxylation is 1. The van der Waals surface area contributed by atoms with Crippen molar-refractivity contribution in [1.82, 2.24) is 4.98 Å². The van der Waals surface area contributed by atoms with Crippen molar-refractivity contribution in [2.75, 3.05) is 19.0 Å². The number of nitrogens with zero attached hydrogens (tertiary/aromatic N) is 1. The smallest absolute Gasteiger partial charge is 0.127 e. The fraction of sp³-hybridized carbons (Fsp3) is 0.538. The minimum Gasteiger partial charge on any atom is -0.389 e. The molecule has 0 aliphatic carbocycles. The third-order valence-corrected chi connectivity index (χ3v) is 2.83. The Bertz CT molecular complexity index is 403. The zero-order valence-corrected chi connectivity index (χ0v) is 12.0. The third kappa shape index (κ3) is 4.58. The number of hydrogen-bond donors (Lipinski definition) is 2. The Kier molecular flexibility index (Phi) is 6.01. The number of rotatable bonds is 7. The number of pyridine rings is 1. The maximum atomic E-state index is 5.65. The van der Waals surface area contributed by atoms with Crippen LogP contribution in [-0.4, -0.2) is 29.7 Å². The van der Waals surface area contributed by atoms with Crippen molar-refractivity contribution in [2.45, 2.75) is 32.7 Å². The van der Waals surface area contributed by atoms with Gasteiger partial charge in [0.15, 0.2) is 0 Å². The standard InChI is InChI=1S/C13H21N3OS/c1-4-5-11(8-17-3)16-12-7-10(13(14)18)6-9(2)15-12/h6-7,11H,4-5,8H2,1-3H3,(H2,14,18)(H,15,16). The fourth-order valence-electron chi connectivity index (χ4n) is 1.84. The lowest BCUT2D eigenvalue weighted by Crippen LogP contribution is -2.25. The lowest BCUT2D eigenvalue weighted by atomic mass is 10.1. The van der Waals surface area contributed by atoms with Gasteiger partial charge in [-0.15, -0.1) is 0 Å². The fourth-order valence-corrected chi connectivity index (χ4v) is 1.96. The second-order valence-electron chi connectivity index (χ2n) is 4.33. The van der Waals surface area contributed by atoms with E-state index in [0.29, 0.717) is 11.6 Å². The third-order valence-electron chi connectivity index (χ3n) is 2.59. The van der Waals surface area contributed by atoms with Crippen LogP contribution in [0.1, 0.15) is 31.0 Å². The van der Waals surface area contributed by atoms with Crippen molar-refractivity contribution in [3.8, 4) is 0 Å². The van der Waals surface area contributed by atoms with E-state index in [2.05, 4.69) is 17.2 Å². The molecule has 1 rings (SSSR count). The van der Waals surface area contributed by atoms with Gasteiger partial charge in [-0.25, -0.2) is 4.98 Å². The van der Waals surface area contributed by atoms with Crippen molar-refractivity contribution in [3.05, 3.63) is 23.4 Å². The lowest BCUT2D eigenvalue weighted by Gasteiger charge is -2.18. The normalized spacial score (nSPS) is 12.2. The van der Waals surface area contributed by atoms with E-state index in [1.807, 2.05) is 19.1 Å². The molecule has 0 bridgehead atoms. The first-order chi connectivity index (χ1) is 8.56. The number of nitrogens with one attached hydrogen (secondary N) is 1. The molecule has 4 nitrogen and oxygen atoms in total. The quantitative estimate of drug-likeness (QED) is 0.742. The molecular weight excluding hydrogens is 246 g/mol. The summed E-state index contributed by atoms with van der Waals surface area (Å²) in [4.78, 5) is 4.83. The molecule has 1 unspecified atom stereocenters. The van der Waals surface area contributed by atoms with Crippen LogP contribution in [0.15, 0.2) is 12.1 Å². The Labute approximate surface area is 114 Å². The SMILES string of the molecule is CCCC(COC)Nc1cc(C(N)=S)cc(C)n1. The van der Waals surface area contributed by atoms with Crippen LogP contribution in [0.4, 0.5) is 5.82 Å². The molecule has 3 N–H and O–H groups in total. The topological polar surface area (TPSA) is 60.2 Å². The minimum atomic E-state index is 0.258. The summed E-state index contributed by atoms with van der Waals surface area (Å²) in [6.45, 7) is 4.73. The van der Waals surface area contributed by atoms with Gasteiger partial charge in [-0.1, -0.05) is 25.6 Å². The number of thiocarbonyl (C=S) groups is 1. The van der Waals surface area contributed by atoms with Gasteiger partial charge in [-0.05, 0) is 25.5 Å². The van der Waals surface area contributed by atoms with Crippen LogP contribution < -0.4 is 11.1 Å². The van der Waals surface area contributed by atoms with E-state index in [-0.39, 0.29) is 6.04 Å². The first kappa shape index (κ1) is 14.9. The van der Waals surface area contributed by atoms with Gasteiger partial charge in [-0.3, -0.25) is 0 Å². The molecule has 1 atom stereocenters. The molecule has 100 valence electrons. The summed E-state index contributed by atoms with van der Waals surface area (Å²) >= 11 is 4.99. The highest BCUT2D eigenvalue weighted by atomic mass is 32.1. The molecule has 5 heteroatoms. The predicted molar refractivity (Wildman–Crippen MR) is 79.1 cm³/mol. The largest absolute Gasteiger partial charge is 0.389 e. The van der Waals surface area contributed by atoms with Crippen molar-refractivity contribution < 1.29 is 4.74 Å². The minimum absolute atomic E-state index is 0.258. The van der Waals surface area contributed by atoms with Crippen molar-refractivity contribution >= 4 is 23.0 Å². The monoisotopic (exact) mass is 267 g/mol. The number of ether oxygens (including phenoxy) is 1. The zero-order chi connectivity index (χ0) is 13.5. The van der Waals surface area contributed by atoms with Gasteiger partial charge in [-0.2, -0.15) is 0 Å². The first-order valence-corrected chi connectivity index (χ1v) is 6.51. The second-order valence-corrected chi connectivity index (χ2v) is 4.77. The van der Waals surface area contributed by atoms with E-state index in [1.165, 1.54) is 0 Å². The van der Waals surface area contributed by atoms with E-state index in [9.17, 15) is 0 Å². The molecule has 0 amide bonds. The van der Waals surface area contributed by atoms with E-state index in [4.69, 9.17) is 22.7 Å². The zero-order valence-electron chi connectivity index (χ0n) is 11.2. The molecule has 0 aromatic carbocycles. The number of methoxy groups -OCH3 is 1. The molecule has 1 aromatic rings. The maximum Gasteiger partial charge on any atom is 0.127 e. The van der Waals surface area contributed by atoms with Gasteiger partial charge in [0.2, 0.25) is 0 Å². The molecule has 0 spiro atoms. The Morgan fingerprint density at radius 3 is 2.83 bits per heavy atom. The summed E-state index contributed by atoms with van der Waals surface area (Å²) in [5.74, 6) is 0.799. The molecule has 1 heterocycles. The Morgan fingerprint density at radius 2 is 2.28 bits per heavy atom. The lowest BCUT2D eigenvalue weighted by molar-refractivity contribution is 0.182. The van der Waals surface area contributed by atoms with Crippen LogP contribution in [-0.2, 0) is 4.74 Å². The number of anilines is 1. The average Bonchev–Trinajstić information content (AvgIpc) is 2.28. The molecule has 0 fully saturated rings. The molecule has 18 heavy (non-hydrogen) atoms. The highest BCUT2D eigenvalue weighted by molar-refractivity contribution is 7.80. The van der Waals surface area contributed by atoms with Gasteiger partial charge in [0.1, 0.15) is 10.8 Å². The van der Waals surface area contributed by atoms with Gasteiger partial charge < -0.3 is 15.8 Å². The molecule has 1 aromatic heterocycles. The van der Waals surface area contributed by atoms with Crippen LogP contribution >= 0.6 is 12.2 Å². The molecular formula is C13H21N3OS. The Balaban J connectivity index is 2.84. The summed E-state index contributed by atoms with van der Waals surface area (Å²) in [5.41, 5.74) is 7.39. The van der Waals surface area contributed by atoms with Crippen LogP contribution in [0.5, 0.6) is 0 Å². The highest BCUT2D eigenvalue weighted by Crippen LogP contribution is 2.13. The second kappa shape index (κ2) is 7.28. The summed E-state index contributed by atoms with van der Waals surface area (Å²) < 4.78 is 5.20. The predicted octanol–water partition coefficient (Wildman–Crippen LogP) is 2.25. The molecule has 0 saturated heterocycles. The van der Waals surface area contributed by atoms with Gasteiger partial charge in [0, 0.05) is 18.4 Å². The van der Waals surface area contributed by atoms with Crippen molar-refractivity contribution in [3.63, 3.8) is 0 Å². The van der Waals surface area contributed by atoms with Crippen LogP contribution in [0.2, 0.25) is 0 Å². The molecule has 0 saturated carbocycles. The Morgan fingerprint density at radius 1 is 1.56 bits per heavy atom. The number of hydrogen-bond acceptors (Lipinski definition) is 4. The maximum absolute atomic E-state index is 5.65. The van der Waals surface area contributed by atoms with Gasteiger partial charge >= 0.3 is 0 Å². The van der Waals surface area contributed by atoms with E-state index in [1.54, 1.807) is 7.11 Å². The average molecular weight is 267 g/mol. The summed E-state index contributed by atoms with van der Waals surface area (Å²) in [6, 6.07) is 4.03. The first-order valence-electron chi connectivity index (χ1n) is 6.10. The van der Waals surface area contributed by atoms with Crippen LogP contribution in [0.3, 0.4) is 0 Å². The Hall–Kier alpha value is -1.20. The van der Waals surface area contributed by atoms with E-state index >= 15 is 0 Å².